The van der Waals surface area contributed by atoms with Crippen molar-refractivity contribution in [2.75, 3.05) is 6.54 Å². The fourth-order valence-electron chi connectivity index (χ4n) is 1.50. The van der Waals surface area contributed by atoms with Crippen molar-refractivity contribution in [1.29, 1.82) is 0 Å². The smallest absolute Gasteiger partial charge is 0.143 e. The molecular formula is C12H10Cl2FN. The lowest BCUT2D eigenvalue weighted by molar-refractivity contribution is 0.616. The monoisotopic (exact) mass is 257 g/mol. The summed E-state index contributed by atoms with van der Waals surface area (Å²) >= 11 is 11.5. The molecule has 1 aromatic rings. The van der Waals surface area contributed by atoms with Crippen molar-refractivity contribution in [1.82, 2.24) is 5.32 Å². The number of allylic oxidation sites excluding steroid dienone is 3. The van der Waals surface area contributed by atoms with E-state index >= 15 is 0 Å². The summed E-state index contributed by atoms with van der Waals surface area (Å²) in [4.78, 5) is 0. The summed E-state index contributed by atoms with van der Waals surface area (Å²) in [6.45, 7) is 0.484. The first-order chi connectivity index (χ1) is 7.65. The Morgan fingerprint density at radius 2 is 1.88 bits per heavy atom. The number of nitrogens with one attached hydrogen (secondary N) is 1. The Labute approximate surface area is 104 Å². The SMILES string of the molecule is FC1=C(Cc2ccc(Cl)cc2)NCC(Cl)=C1. The molecule has 4 heteroatoms. The quantitative estimate of drug-likeness (QED) is 0.850. The van der Waals surface area contributed by atoms with E-state index in [1.54, 1.807) is 12.1 Å². The molecule has 0 bridgehead atoms. The number of hydrogen-bond acceptors (Lipinski definition) is 1. The number of rotatable bonds is 2. The lowest BCUT2D eigenvalue weighted by atomic mass is 10.1. The highest BCUT2D eigenvalue weighted by molar-refractivity contribution is 6.30. The zero-order valence-electron chi connectivity index (χ0n) is 8.43. The molecule has 0 aliphatic carbocycles. The number of hydrogen-bond donors (Lipinski definition) is 1. The average molecular weight is 258 g/mol. The Balaban J connectivity index is 2.16. The first-order valence-corrected chi connectivity index (χ1v) is 5.64. The Hall–Kier alpha value is -0.990. The molecule has 2 rings (SSSR count). The Bertz CT molecular complexity index is 449. The first-order valence-electron chi connectivity index (χ1n) is 4.88. The topological polar surface area (TPSA) is 12.0 Å². The molecule has 0 unspecified atom stereocenters. The minimum absolute atomic E-state index is 0.300. The summed E-state index contributed by atoms with van der Waals surface area (Å²) in [5, 5.41) is 4.12. The van der Waals surface area contributed by atoms with Crippen LogP contribution in [0, 0.1) is 0 Å². The van der Waals surface area contributed by atoms with Gasteiger partial charge >= 0.3 is 0 Å². The lowest BCUT2D eigenvalue weighted by Crippen LogP contribution is -2.21. The van der Waals surface area contributed by atoms with Crippen LogP contribution >= 0.6 is 23.2 Å². The molecule has 0 atom stereocenters. The summed E-state index contributed by atoms with van der Waals surface area (Å²) in [6, 6.07) is 7.34. The average Bonchev–Trinajstić information content (AvgIpc) is 2.25. The van der Waals surface area contributed by atoms with Gasteiger partial charge in [0.15, 0.2) is 0 Å². The van der Waals surface area contributed by atoms with Gasteiger partial charge in [-0.3, -0.25) is 0 Å². The van der Waals surface area contributed by atoms with Crippen LogP contribution < -0.4 is 5.32 Å². The highest BCUT2D eigenvalue weighted by Gasteiger charge is 2.11. The summed E-state index contributed by atoms with van der Waals surface area (Å²) in [5.41, 5.74) is 1.57. The molecule has 0 radical (unpaired) electrons. The first kappa shape index (κ1) is 11.5. The van der Waals surface area contributed by atoms with E-state index in [1.807, 2.05) is 12.1 Å². The largest absolute Gasteiger partial charge is 0.381 e. The molecule has 0 amide bonds. The van der Waals surface area contributed by atoms with Crippen molar-refractivity contribution in [3.8, 4) is 0 Å². The molecule has 0 spiro atoms. The maximum Gasteiger partial charge on any atom is 0.143 e. The van der Waals surface area contributed by atoms with E-state index in [9.17, 15) is 4.39 Å². The third-order valence-corrected chi connectivity index (χ3v) is 2.83. The van der Waals surface area contributed by atoms with E-state index in [0.717, 1.165) is 5.56 Å². The van der Waals surface area contributed by atoms with Crippen LogP contribution in [0.3, 0.4) is 0 Å². The minimum Gasteiger partial charge on any atom is -0.381 e. The minimum atomic E-state index is -0.300. The zero-order valence-corrected chi connectivity index (χ0v) is 9.95. The van der Waals surface area contributed by atoms with Crippen molar-refractivity contribution in [2.24, 2.45) is 0 Å². The van der Waals surface area contributed by atoms with Gasteiger partial charge in [0.05, 0.1) is 12.2 Å². The Kier molecular flexibility index (Phi) is 3.52. The molecule has 1 aromatic carbocycles. The lowest BCUT2D eigenvalue weighted by Gasteiger charge is -2.15. The van der Waals surface area contributed by atoms with Crippen molar-refractivity contribution < 1.29 is 4.39 Å². The normalized spacial score (nSPS) is 15.8. The van der Waals surface area contributed by atoms with Gasteiger partial charge in [-0.15, -0.1) is 0 Å². The van der Waals surface area contributed by atoms with Crippen LogP contribution in [0.25, 0.3) is 0 Å². The molecule has 0 saturated heterocycles. The molecular weight excluding hydrogens is 248 g/mol. The van der Waals surface area contributed by atoms with Crippen molar-refractivity contribution >= 4 is 23.2 Å². The van der Waals surface area contributed by atoms with Crippen LogP contribution in [0.5, 0.6) is 0 Å². The van der Waals surface area contributed by atoms with E-state index in [1.165, 1.54) is 6.08 Å². The van der Waals surface area contributed by atoms with Crippen LogP contribution in [-0.4, -0.2) is 6.54 Å². The fraction of sp³-hybridized carbons (Fsp3) is 0.167. The number of dihydropyridines is 1. The molecule has 0 saturated carbocycles. The van der Waals surface area contributed by atoms with Crippen LogP contribution in [0.1, 0.15) is 5.56 Å². The van der Waals surface area contributed by atoms with Crippen LogP contribution in [0.2, 0.25) is 5.02 Å². The van der Waals surface area contributed by atoms with Crippen LogP contribution in [0.4, 0.5) is 4.39 Å². The van der Waals surface area contributed by atoms with Gasteiger partial charge in [-0.2, -0.15) is 0 Å². The molecule has 1 N–H and O–H groups in total. The van der Waals surface area contributed by atoms with Crippen molar-refractivity contribution in [2.45, 2.75) is 6.42 Å². The van der Waals surface area contributed by atoms with E-state index in [0.29, 0.717) is 28.7 Å². The maximum absolute atomic E-state index is 13.5. The second-order valence-electron chi connectivity index (χ2n) is 3.57. The van der Waals surface area contributed by atoms with E-state index in [-0.39, 0.29) is 5.83 Å². The second-order valence-corrected chi connectivity index (χ2v) is 4.50. The van der Waals surface area contributed by atoms with Gasteiger partial charge < -0.3 is 5.32 Å². The standard InChI is InChI=1S/C12H10Cl2FN/c13-9-3-1-8(2-4-9)5-12-11(15)6-10(14)7-16-12/h1-4,6,16H,5,7H2. The third-order valence-electron chi connectivity index (χ3n) is 2.34. The maximum atomic E-state index is 13.5. The van der Waals surface area contributed by atoms with E-state index in [2.05, 4.69) is 5.32 Å². The van der Waals surface area contributed by atoms with Gasteiger partial charge in [0, 0.05) is 16.5 Å². The zero-order chi connectivity index (χ0) is 11.5. The number of halogens is 3. The highest BCUT2D eigenvalue weighted by Crippen LogP contribution is 2.20. The van der Waals surface area contributed by atoms with Gasteiger partial charge in [-0.1, -0.05) is 35.3 Å². The molecule has 0 fully saturated rings. The summed E-state index contributed by atoms with van der Waals surface area (Å²) < 4.78 is 13.5. The molecule has 1 nitrogen and oxygen atoms in total. The number of benzene rings is 1. The molecule has 1 aliphatic heterocycles. The summed E-state index contributed by atoms with van der Waals surface area (Å²) in [7, 11) is 0. The predicted octanol–water partition coefficient (Wildman–Crippen LogP) is 3.79. The van der Waals surface area contributed by atoms with Gasteiger partial charge in [0.1, 0.15) is 5.83 Å². The Morgan fingerprint density at radius 1 is 1.19 bits per heavy atom. The summed E-state index contributed by atoms with van der Waals surface area (Å²) in [6.07, 6.45) is 1.87. The summed E-state index contributed by atoms with van der Waals surface area (Å²) in [5.74, 6) is -0.300. The highest BCUT2D eigenvalue weighted by atomic mass is 35.5. The van der Waals surface area contributed by atoms with Crippen molar-refractivity contribution in [3.63, 3.8) is 0 Å². The van der Waals surface area contributed by atoms with Crippen LogP contribution in [-0.2, 0) is 6.42 Å². The second kappa shape index (κ2) is 4.89. The third kappa shape index (κ3) is 2.77. The molecule has 1 heterocycles. The van der Waals surface area contributed by atoms with Gasteiger partial charge in [0.25, 0.3) is 0 Å². The van der Waals surface area contributed by atoms with Gasteiger partial charge in [0.2, 0.25) is 0 Å². The van der Waals surface area contributed by atoms with Gasteiger partial charge in [-0.05, 0) is 23.8 Å². The molecule has 1 aliphatic rings. The van der Waals surface area contributed by atoms with Crippen molar-refractivity contribution in [3.05, 3.63) is 57.5 Å². The molecule has 0 aromatic heterocycles. The molecule has 84 valence electrons. The Morgan fingerprint density at radius 3 is 2.50 bits per heavy atom. The predicted molar refractivity (Wildman–Crippen MR) is 65.2 cm³/mol. The van der Waals surface area contributed by atoms with Crippen LogP contribution in [0.15, 0.2) is 46.9 Å². The fourth-order valence-corrected chi connectivity index (χ4v) is 1.79. The van der Waals surface area contributed by atoms with E-state index in [4.69, 9.17) is 23.2 Å². The molecule has 16 heavy (non-hydrogen) atoms. The van der Waals surface area contributed by atoms with E-state index < -0.39 is 0 Å². The van der Waals surface area contributed by atoms with Gasteiger partial charge in [-0.25, -0.2) is 4.39 Å².